The van der Waals surface area contributed by atoms with E-state index < -0.39 is 6.03 Å². The van der Waals surface area contributed by atoms with E-state index in [2.05, 4.69) is 51.7 Å². The van der Waals surface area contributed by atoms with Crippen LogP contribution in [-0.4, -0.2) is 18.9 Å². The fourth-order valence-electron chi connectivity index (χ4n) is 2.44. The van der Waals surface area contributed by atoms with Crippen molar-refractivity contribution < 1.29 is 9.53 Å². The lowest BCUT2D eigenvalue weighted by Crippen LogP contribution is -2.24. The molecule has 2 rings (SSSR count). The average molecular weight is 418 g/mol. The van der Waals surface area contributed by atoms with Crippen LogP contribution in [0.4, 0.5) is 10.5 Å². The van der Waals surface area contributed by atoms with Crippen molar-refractivity contribution >= 4 is 33.9 Å². The van der Waals surface area contributed by atoms with Crippen molar-refractivity contribution in [1.82, 2.24) is 5.43 Å². The van der Waals surface area contributed by atoms with Gasteiger partial charge in [0.05, 0.1) is 12.8 Å². The van der Waals surface area contributed by atoms with Gasteiger partial charge < -0.3 is 10.1 Å². The first-order chi connectivity index (χ1) is 12.4. The molecule has 6 heteroatoms. The number of rotatable bonds is 6. The van der Waals surface area contributed by atoms with Crippen molar-refractivity contribution in [3.05, 3.63) is 57.6 Å². The summed E-state index contributed by atoms with van der Waals surface area (Å²) in [6.45, 7) is 8.85. The summed E-state index contributed by atoms with van der Waals surface area (Å²) < 4.78 is 6.68. The molecule has 26 heavy (non-hydrogen) atoms. The van der Waals surface area contributed by atoms with Gasteiger partial charge in [0, 0.05) is 10.2 Å². The Morgan fingerprint density at radius 3 is 2.58 bits per heavy atom. The normalized spacial score (nSPS) is 11.0. The Kier molecular flexibility index (Phi) is 7.21. The second-order valence-corrected chi connectivity index (χ2v) is 7.08. The summed E-state index contributed by atoms with van der Waals surface area (Å²) in [6.07, 6.45) is 1.65. The monoisotopic (exact) mass is 417 g/mol. The van der Waals surface area contributed by atoms with Crippen LogP contribution in [0.1, 0.15) is 43.4 Å². The lowest BCUT2D eigenvalue weighted by atomic mass is 9.97. The zero-order valence-corrected chi connectivity index (χ0v) is 17.1. The number of anilines is 1. The number of urea groups is 1. The fourth-order valence-corrected chi connectivity index (χ4v) is 2.70. The highest BCUT2D eigenvalue weighted by Crippen LogP contribution is 2.29. The molecule has 0 atom stereocenters. The van der Waals surface area contributed by atoms with E-state index in [0.29, 0.717) is 18.2 Å². The van der Waals surface area contributed by atoms with Crippen LogP contribution in [0, 0.1) is 6.92 Å². The highest BCUT2D eigenvalue weighted by atomic mass is 79.9. The van der Waals surface area contributed by atoms with E-state index in [1.54, 1.807) is 18.3 Å². The number of aryl methyl sites for hydroxylation is 1. The van der Waals surface area contributed by atoms with Crippen molar-refractivity contribution in [2.45, 2.75) is 33.6 Å². The number of nitrogens with one attached hydrogen (secondary N) is 2. The van der Waals surface area contributed by atoms with Crippen LogP contribution in [0.25, 0.3) is 0 Å². The molecule has 0 aliphatic heterocycles. The molecule has 0 saturated heterocycles. The molecule has 0 aromatic heterocycles. The molecule has 0 spiro atoms. The number of hydrazone groups is 1. The lowest BCUT2D eigenvalue weighted by molar-refractivity contribution is 0.252. The van der Waals surface area contributed by atoms with Crippen molar-refractivity contribution in [2.24, 2.45) is 5.10 Å². The summed E-state index contributed by atoms with van der Waals surface area (Å²) in [5.74, 6) is 1.23. The molecule has 2 amide bonds. The van der Waals surface area contributed by atoms with E-state index in [4.69, 9.17) is 4.74 Å². The molecule has 0 saturated carbocycles. The molecule has 0 heterocycles. The van der Waals surface area contributed by atoms with Gasteiger partial charge in [-0.05, 0) is 72.9 Å². The van der Waals surface area contributed by atoms with Gasteiger partial charge in [-0.25, -0.2) is 10.2 Å². The standard InChI is InChI=1S/C20H24BrN3O2/c1-5-26-19-10-14(4)15(11-18(19)13(2)3)12-22-24-20(25)23-17-8-6-16(21)7-9-17/h6-13H,5H2,1-4H3,(H2,23,24,25)/b22-12-. The largest absolute Gasteiger partial charge is 0.494 e. The molecule has 0 bridgehead atoms. The molecular formula is C20H24BrN3O2. The number of nitrogens with zero attached hydrogens (tertiary/aromatic N) is 1. The van der Waals surface area contributed by atoms with Gasteiger partial charge in [0.1, 0.15) is 5.75 Å². The molecule has 138 valence electrons. The summed E-state index contributed by atoms with van der Waals surface area (Å²) in [4.78, 5) is 11.9. The van der Waals surface area contributed by atoms with Gasteiger partial charge in [-0.1, -0.05) is 29.8 Å². The van der Waals surface area contributed by atoms with E-state index >= 15 is 0 Å². The first-order valence-electron chi connectivity index (χ1n) is 8.53. The van der Waals surface area contributed by atoms with Crippen LogP contribution in [0.5, 0.6) is 5.75 Å². The Morgan fingerprint density at radius 2 is 1.96 bits per heavy atom. The topological polar surface area (TPSA) is 62.7 Å². The predicted octanol–water partition coefficient (Wildman–Crippen LogP) is 5.44. The number of carbonyl (C=O) groups excluding carboxylic acids is 1. The second-order valence-electron chi connectivity index (χ2n) is 6.17. The molecule has 5 nitrogen and oxygen atoms in total. The van der Waals surface area contributed by atoms with Crippen LogP contribution in [0.2, 0.25) is 0 Å². The van der Waals surface area contributed by atoms with E-state index in [1.165, 1.54) is 0 Å². The highest BCUT2D eigenvalue weighted by Gasteiger charge is 2.11. The van der Waals surface area contributed by atoms with Crippen molar-refractivity contribution in [2.75, 3.05) is 11.9 Å². The van der Waals surface area contributed by atoms with Crippen LogP contribution in [0.3, 0.4) is 0 Å². The minimum absolute atomic E-state index is 0.331. The number of hydrogen-bond acceptors (Lipinski definition) is 3. The Hall–Kier alpha value is -2.34. The summed E-state index contributed by atoms with van der Waals surface area (Å²) in [5.41, 5.74) is 6.29. The summed E-state index contributed by atoms with van der Waals surface area (Å²) in [7, 11) is 0. The third-order valence-corrected chi connectivity index (χ3v) is 4.32. The number of amides is 2. The Morgan fingerprint density at radius 1 is 1.27 bits per heavy atom. The molecule has 0 aliphatic carbocycles. The Bertz CT molecular complexity index is 786. The molecule has 0 unspecified atom stereocenters. The number of benzene rings is 2. The smallest absolute Gasteiger partial charge is 0.339 e. The minimum atomic E-state index is -0.392. The number of carbonyl (C=O) groups is 1. The maximum atomic E-state index is 11.9. The van der Waals surface area contributed by atoms with Gasteiger partial charge in [0.25, 0.3) is 0 Å². The van der Waals surface area contributed by atoms with Gasteiger partial charge in [-0.3, -0.25) is 0 Å². The Balaban J connectivity index is 2.06. The second kappa shape index (κ2) is 9.38. The Labute approximate surface area is 163 Å². The maximum absolute atomic E-state index is 11.9. The molecule has 0 aliphatic rings. The zero-order valence-electron chi connectivity index (χ0n) is 15.5. The predicted molar refractivity (Wildman–Crippen MR) is 110 cm³/mol. The molecule has 0 radical (unpaired) electrons. The van der Waals surface area contributed by atoms with Crippen molar-refractivity contribution in [3.63, 3.8) is 0 Å². The summed E-state index contributed by atoms with van der Waals surface area (Å²) in [6, 6.07) is 11.0. The lowest BCUT2D eigenvalue weighted by Gasteiger charge is -2.15. The van der Waals surface area contributed by atoms with Gasteiger partial charge in [0.15, 0.2) is 0 Å². The van der Waals surface area contributed by atoms with E-state index in [9.17, 15) is 4.79 Å². The van der Waals surface area contributed by atoms with Gasteiger partial charge >= 0.3 is 6.03 Å². The van der Waals surface area contributed by atoms with Gasteiger partial charge in [-0.2, -0.15) is 5.10 Å². The third kappa shape index (κ3) is 5.59. The fraction of sp³-hybridized carbons (Fsp3) is 0.300. The van der Waals surface area contributed by atoms with Gasteiger partial charge in [0.2, 0.25) is 0 Å². The van der Waals surface area contributed by atoms with E-state index in [-0.39, 0.29) is 0 Å². The molecule has 2 N–H and O–H groups in total. The summed E-state index contributed by atoms with van der Waals surface area (Å²) >= 11 is 3.36. The number of hydrogen-bond donors (Lipinski definition) is 2. The van der Waals surface area contributed by atoms with Crippen LogP contribution in [-0.2, 0) is 0 Å². The molecule has 2 aromatic rings. The van der Waals surface area contributed by atoms with Crippen LogP contribution < -0.4 is 15.5 Å². The SMILES string of the molecule is CCOc1cc(C)c(/C=N\NC(=O)Nc2ccc(Br)cc2)cc1C(C)C. The van der Waals surface area contributed by atoms with Gasteiger partial charge in [-0.15, -0.1) is 0 Å². The van der Waals surface area contributed by atoms with Crippen LogP contribution in [0.15, 0.2) is 46.0 Å². The third-order valence-electron chi connectivity index (χ3n) is 3.79. The van der Waals surface area contributed by atoms with Crippen molar-refractivity contribution in [1.29, 1.82) is 0 Å². The van der Waals surface area contributed by atoms with E-state index in [1.807, 2.05) is 32.0 Å². The summed E-state index contributed by atoms with van der Waals surface area (Å²) in [5, 5.41) is 6.78. The first-order valence-corrected chi connectivity index (χ1v) is 9.33. The first kappa shape index (κ1) is 20.0. The van der Waals surface area contributed by atoms with Crippen molar-refractivity contribution in [3.8, 4) is 5.75 Å². The molecule has 2 aromatic carbocycles. The van der Waals surface area contributed by atoms with Crippen LogP contribution >= 0.6 is 15.9 Å². The molecular weight excluding hydrogens is 394 g/mol. The zero-order chi connectivity index (χ0) is 19.1. The quantitative estimate of drug-likeness (QED) is 0.485. The number of halogens is 1. The van der Waals surface area contributed by atoms with E-state index in [0.717, 1.165) is 26.9 Å². The maximum Gasteiger partial charge on any atom is 0.339 e. The highest BCUT2D eigenvalue weighted by molar-refractivity contribution is 9.10. The molecule has 0 fully saturated rings. The minimum Gasteiger partial charge on any atom is -0.494 e. The average Bonchev–Trinajstić information content (AvgIpc) is 2.59. The number of ether oxygens (including phenoxy) is 1.